The van der Waals surface area contributed by atoms with Crippen molar-refractivity contribution in [3.8, 4) is 0 Å². The van der Waals surface area contributed by atoms with E-state index < -0.39 is 0 Å². The summed E-state index contributed by atoms with van der Waals surface area (Å²) in [4.78, 5) is 0. The number of hydrazine groups is 1. The number of anilines is 1. The Balaban J connectivity index is 3.37. The fourth-order valence-electron chi connectivity index (χ4n) is 0.582. The van der Waals surface area contributed by atoms with E-state index in [2.05, 4.69) is 15.6 Å². The smallest absolute Gasteiger partial charge is 0.257 e. The number of hydrogen-bond acceptors (Lipinski definition) is 6. The Morgan fingerprint density at radius 2 is 2.18 bits per heavy atom. The van der Waals surface area contributed by atoms with Crippen molar-refractivity contribution in [3.63, 3.8) is 0 Å². The third-order valence-corrected chi connectivity index (χ3v) is 1.67. The lowest BCUT2D eigenvalue weighted by Gasteiger charge is -2.05. The third-order valence-electron chi connectivity index (χ3n) is 1.18. The summed E-state index contributed by atoms with van der Waals surface area (Å²) in [6.07, 6.45) is 0. The van der Waals surface area contributed by atoms with Gasteiger partial charge in [-0.25, -0.2) is 10.5 Å². The van der Waals surface area contributed by atoms with Crippen LogP contribution >= 0.6 is 12.2 Å². The maximum absolute atomic E-state index is 5.46. The fraction of sp³-hybridized carbons (Fsp3) is 0.250. The Labute approximate surface area is 68.2 Å². The van der Waals surface area contributed by atoms with Gasteiger partial charge in [0.05, 0.1) is 5.69 Å². The van der Waals surface area contributed by atoms with Crippen LogP contribution in [0.4, 0.5) is 5.95 Å². The van der Waals surface area contributed by atoms with Gasteiger partial charge in [0.1, 0.15) is 0 Å². The van der Waals surface area contributed by atoms with Crippen LogP contribution in [0.5, 0.6) is 0 Å². The third kappa shape index (κ3) is 1.28. The fourth-order valence-corrected chi connectivity index (χ4v) is 0.710. The van der Waals surface area contributed by atoms with Crippen molar-refractivity contribution in [2.24, 2.45) is 5.84 Å². The highest BCUT2D eigenvalue weighted by Crippen LogP contribution is 1.99. The van der Waals surface area contributed by atoms with Crippen LogP contribution in [0.1, 0.15) is 5.69 Å². The van der Waals surface area contributed by atoms with Crippen LogP contribution in [-0.2, 0) is 0 Å². The molecule has 1 aromatic rings. The SMILES string of the molecule is Cc1nnc(NN)n(N)c1=S. The highest BCUT2D eigenvalue weighted by Gasteiger charge is 2.00. The Morgan fingerprint density at radius 3 is 2.73 bits per heavy atom. The number of nitrogens with one attached hydrogen (secondary N) is 1. The van der Waals surface area contributed by atoms with Crippen LogP contribution in [0.15, 0.2) is 0 Å². The molecule has 0 unspecified atom stereocenters. The molecule has 0 aliphatic rings. The molecule has 1 aromatic heterocycles. The average Bonchev–Trinajstić information content (AvgIpc) is 2.01. The minimum atomic E-state index is 0.237. The van der Waals surface area contributed by atoms with Gasteiger partial charge in [-0.05, 0) is 6.92 Å². The first-order valence-electron chi connectivity index (χ1n) is 2.85. The number of nitrogen functional groups attached to an aromatic ring is 2. The lowest BCUT2D eigenvalue weighted by molar-refractivity contribution is 0.820. The molecule has 0 aliphatic heterocycles. The summed E-state index contributed by atoms with van der Waals surface area (Å²) in [7, 11) is 0. The molecule has 0 aromatic carbocycles. The Hall–Kier alpha value is -1.21. The van der Waals surface area contributed by atoms with Gasteiger partial charge in [0.15, 0.2) is 4.64 Å². The first-order valence-corrected chi connectivity index (χ1v) is 3.25. The topological polar surface area (TPSA) is 94.8 Å². The molecule has 0 radical (unpaired) electrons. The predicted octanol–water partition coefficient (Wildman–Crippen LogP) is -0.685. The van der Waals surface area contributed by atoms with Crippen molar-refractivity contribution in [1.82, 2.24) is 14.9 Å². The van der Waals surface area contributed by atoms with Crippen molar-refractivity contribution in [2.75, 3.05) is 11.3 Å². The molecule has 0 saturated heterocycles. The number of rotatable bonds is 1. The molecule has 1 heterocycles. The molecule has 11 heavy (non-hydrogen) atoms. The van der Waals surface area contributed by atoms with E-state index in [0.717, 1.165) is 4.68 Å². The number of aryl methyl sites for hydroxylation is 1. The van der Waals surface area contributed by atoms with Crippen molar-refractivity contribution in [1.29, 1.82) is 0 Å². The zero-order chi connectivity index (χ0) is 8.43. The van der Waals surface area contributed by atoms with Gasteiger partial charge >= 0.3 is 0 Å². The molecular weight excluding hydrogens is 164 g/mol. The van der Waals surface area contributed by atoms with E-state index in [1.165, 1.54) is 0 Å². The van der Waals surface area contributed by atoms with E-state index in [9.17, 15) is 0 Å². The summed E-state index contributed by atoms with van der Waals surface area (Å²) in [6.45, 7) is 1.72. The maximum atomic E-state index is 5.46. The van der Waals surface area contributed by atoms with Gasteiger partial charge in [-0.15, -0.1) is 10.2 Å². The van der Waals surface area contributed by atoms with Crippen molar-refractivity contribution in [2.45, 2.75) is 6.92 Å². The van der Waals surface area contributed by atoms with Crippen molar-refractivity contribution in [3.05, 3.63) is 10.3 Å². The Bertz CT molecular complexity index is 317. The van der Waals surface area contributed by atoms with Crippen molar-refractivity contribution >= 4 is 18.2 Å². The van der Waals surface area contributed by atoms with Crippen LogP contribution in [0, 0.1) is 11.6 Å². The second-order valence-corrected chi connectivity index (χ2v) is 2.32. The van der Waals surface area contributed by atoms with E-state index in [4.69, 9.17) is 23.9 Å². The molecule has 0 aliphatic carbocycles. The van der Waals surface area contributed by atoms with E-state index in [-0.39, 0.29) is 5.95 Å². The van der Waals surface area contributed by atoms with E-state index in [0.29, 0.717) is 10.3 Å². The molecule has 60 valence electrons. The standard InChI is InChI=1S/C4H8N6S/c1-2-3(11)10(6)4(7-5)9-8-2/h5-6H2,1H3,(H,7,9). The molecule has 1 rings (SSSR count). The van der Waals surface area contributed by atoms with Gasteiger partial charge in [-0.1, -0.05) is 12.2 Å². The molecule has 7 heteroatoms. The quantitative estimate of drug-likeness (QED) is 0.295. The normalized spacial score (nSPS) is 9.64. The predicted molar refractivity (Wildman–Crippen MR) is 43.6 cm³/mol. The second-order valence-electron chi connectivity index (χ2n) is 1.93. The van der Waals surface area contributed by atoms with Gasteiger partial charge in [-0.2, -0.15) is 0 Å². The minimum Gasteiger partial charge on any atom is -0.335 e. The monoisotopic (exact) mass is 172 g/mol. The highest BCUT2D eigenvalue weighted by molar-refractivity contribution is 7.71. The van der Waals surface area contributed by atoms with Crippen LogP contribution in [0.25, 0.3) is 0 Å². The zero-order valence-corrected chi connectivity index (χ0v) is 6.72. The van der Waals surface area contributed by atoms with Gasteiger partial charge in [0.2, 0.25) is 0 Å². The molecular formula is C4H8N6S. The zero-order valence-electron chi connectivity index (χ0n) is 5.90. The molecule has 0 fully saturated rings. The van der Waals surface area contributed by atoms with E-state index in [1.807, 2.05) is 0 Å². The maximum Gasteiger partial charge on any atom is 0.257 e. The molecule has 0 amide bonds. The highest BCUT2D eigenvalue weighted by atomic mass is 32.1. The largest absolute Gasteiger partial charge is 0.335 e. The summed E-state index contributed by atoms with van der Waals surface area (Å²) < 4.78 is 1.57. The van der Waals surface area contributed by atoms with Crippen LogP contribution in [0.2, 0.25) is 0 Å². The summed E-state index contributed by atoms with van der Waals surface area (Å²) in [5.41, 5.74) is 2.86. The molecule has 0 saturated carbocycles. The molecule has 0 atom stereocenters. The first-order chi connectivity index (χ1) is 5.16. The summed E-state index contributed by atoms with van der Waals surface area (Å²) in [5.74, 6) is 10.8. The van der Waals surface area contributed by atoms with Crippen molar-refractivity contribution < 1.29 is 0 Å². The number of nitrogens with two attached hydrogens (primary N) is 2. The summed E-state index contributed by atoms with van der Waals surface area (Å²) in [6, 6.07) is 0. The van der Waals surface area contributed by atoms with Gasteiger partial charge < -0.3 is 5.84 Å². The molecule has 0 spiro atoms. The second kappa shape index (κ2) is 2.81. The Kier molecular flexibility index (Phi) is 2.01. The molecule has 0 bridgehead atoms. The number of aromatic nitrogens is 3. The molecule has 6 nitrogen and oxygen atoms in total. The number of hydrogen-bond donors (Lipinski definition) is 3. The van der Waals surface area contributed by atoms with Crippen LogP contribution < -0.4 is 17.1 Å². The van der Waals surface area contributed by atoms with Gasteiger partial charge in [0, 0.05) is 0 Å². The van der Waals surface area contributed by atoms with Crippen LogP contribution in [0.3, 0.4) is 0 Å². The Morgan fingerprint density at radius 1 is 1.55 bits per heavy atom. The first kappa shape index (κ1) is 7.89. The summed E-state index contributed by atoms with van der Waals surface area (Å²) in [5, 5.41) is 7.36. The van der Waals surface area contributed by atoms with Gasteiger partial charge in [0.25, 0.3) is 5.95 Å². The minimum absolute atomic E-state index is 0.237. The lowest BCUT2D eigenvalue weighted by atomic mass is 10.5. The van der Waals surface area contributed by atoms with Gasteiger partial charge in [-0.3, -0.25) is 5.43 Å². The van der Waals surface area contributed by atoms with E-state index in [1.54, 1.807) is 6.92 Å². The van der Waals surface area contributed by atoms with Crippen LogP contribution in [-0.4, -0.2) is 14.9 Å². The van der Waals surface area contributed by atoms with E-state index >= 15 is 0 Å². The molecule has 5 N–H and O–H groups in total. The lowest BCUT2D eigenvalue weighted by Crippen LogP contribution is -2.23. The average molecular weight is 172 g/mol. The summed E-state index contributed by atoms with van der Waals surface area (Å²) >= 11 is 4.89. The number of nitrogens with zero attached hydrogens (tertiary/aromatic N) is 3.